The van der Waals surface area contributed by atoms with Crippen LogP contribution >= 0.6 is 0 Å². The third kappa shape index (κ3) is 2.54. The molecule has 2 heterocycles. The van der Waals surface area contributed by atoms with Crippen molar-refractivity contribution in [3.8, 4) is 0 Å². The lowest BCUT2D eigenvalue weighted by atomic mass is 9.84. The largest absolute Gasteiger partial charge is 0.310 e. The van der Waals surface area contributed by atoms with Crippen molar-refractivity contribution >= 4 is 0 Å². The SMILES string of the molecule is CC(C)C1(CN2CCCCC2)CCCN1. The lowest BCUT2D eigenvalue weighted by Gasteiger charge is -2.40. The highest BCUT2D eigenvalue weighted by molar-refractivity contribution is 4.98. The Hall–Kier alpha value is -0.0800. The molecule has 2 nitrogen and oxygen atoms in total. The maximum absolute atomic E-state index is 3.78. The highest BCUT2D eigenvalue weighted by Gasteiger charge is 2.37. The number of nitrogens with zero attached hydrogens (tertiary/aromatic N) is 1. The zero-order valence-electron chi connectivity index (χ0n) is 10.4. The highest BCUT2D eigenvalue weighted by Crippen LogP contribution is 2.29. The topological polar surface area (TPSA) is 15.3 Å². The fourth-order valence-electron chi connectivity index (χ4n) is 3.16. The minimum absolute atomic E-state index is 0.428. The Morgan fingerprint density at radius 1 is 1.13 bits per heavy atom. The predicted octanol–water partition coefficient (Wildman–Crippen LogP) is 2.25. The van der Waals surface area contributed by atoms with Crippen LogP contribution in [0.3, 0.4) is 0 Å². The fraction of sp³-hybridized carbons (Fsp3) is 1.00. The van der Waals surface area contributed by atoms with Gasteiger partial charge in [-0.1, -0.05) is 20.3 Å². The molecule has 0 radical (unpaired) electrons. The molecule has 15 heavy (non-hydrogen) atoms. The van der Waals surface area contributed by atoms with Crippen LogP contribution in [-0.2, 0) is 0 Å². The first kappa shape index (κ1) is 11.4. The van der Waals surface area contributed by atoms with Gasteiger partial charge in [-0.3, -0.25) is 0 Å². The van der Waals surface area contributed by atoms with E-state index in [2.05, 4.69) is 24.1 Å². The summed E-state index contributed by atoms with van der Waals surface area (Å²) in [7, 11) is 0. The van der Waals surface area contributed by atoms with Crippen LogP contribution in [0.15, 0.2) is 0 Å². The summed E-state index contributed by atoms with van der Waals surface area (Å²) in [4.78, 5) is 2.68. The normalized spacial score (nSPS) is 33.8. The van der Waals surface area contributed by atoms with Crippen LogP contribution in [0.5, 0.6) is 0 Å². The third-order valence-electron chi connectivity index (χ3n) is 4.34. The number of nitrogens with one attached hydrogen (secondary N) is 1. The van der Waals surface area contributed by atoms with Crippen LogP contribution in [-0.4, -0.2) is 36.6 Å². The second kappa shape index (κ2) is 4.84. The molecule has 1 atom stereocenters. The number of piperidine rings is 1. The average Bonchev–Trinajstić information content (AvgIpc) is 2.69. The Morgan fingerprint density at radius 3 is 2.40 bits per heavy atom. The molecule has 2 aliphatic rings. The number of likely N-dealkylation sites (tertiary alicyclic amines) is 1. The van der Waals surface area contributed by atoms with E-state index in [-0.39, 0.29) is 0 Å². The molecule has 0 aromatic rings. The van der Waals surface area contributed by atoms with Crippen molar-refractivity contribution < 1.29 is 0 Å². The monoisotopic (exact) mass is 210 g/mol. The summed E-state index contributed by atoms with van der Waals surface area (Å²) in [5.74, 6) is 0.766. The zero-order valence-corrected chi connectivity index (χ0v) is 10.4. The molecule has 1 unspecified atom stereocenters. The second-order valence-electron chi connectivity index (χ2n) is 5.68. The lowest BCUT2D eigenvalue weighted by Crippen LogP contribution is -2.54. The molecule has 0 aromatic carbocycles. The first-order valence-electron chi connectivity index (χ1n) is 6.70. The van der Waals surface area contributed by atoms with E-state index in [4.69, 9.17) is 0 Å². The molecule has 88 valence electrons. The maximum atomic E-state index is 3.78. The van der Waals surface area contributed by atoms with Gasteiger partial charge in [0.2, 0.25) is 0 Å². The smallest absolute Gasteiger partial charge is 0.0332 e. The molecule has 0 aliphatic carbocycles. The predicted molar refractivity (Wildman–Crippen MR) is 65.1 cm³/mol. The first-order valence-corrected chi connectivity index (χ1v) is 6.70. The van der Waals surface area contributed by atoms with Crippen LogP contribution in [0.4, 0.5) is 0 Å². The molecule has 2 aliphatic heterocycles. The summed E-state index contributed by atoms with van der Waals surface area (Å²) in [5, 5.41) is 3.78. The molecule has 0 spiro atoms. The summed E-state index contributed by atoms with van der Waals surface area (Å²) >= 11 is 0. The van der Waals surface area contributed by atoms with E-state index in [0.717, 1.165) is 5.92 Å². The van der Waals surface area contributed by atoms with E-state index in [9.17, 15) is 0 Å². The summed E-state index contributed by atoms with van der Waals surface area (Å²) in [6, 6.07) is 0. The standard InChI is InChI=1S/C13H26N2/c1-12(2)13(7-6-8-14-13)11-15-9-4-3-5-10-15/h12,14H,3-11H2,1-2H3. The van der Waals surface area contributed by atoms with Crippen LogP contribution in [0.1, 0.15) is 46.0 Å². The summed E-state index contributed by atoms with van der Waals surface area (Å²) in [6.07, 6.45) is 7.01. The minimum atomic E-state index is 0.428. The van der Waals surface area contributed by atoms with Crippen LogP contribution < -0.4 is 5.32 Å². The van der Waals surface area contributed by atoms with E-state index in [1.807, 2.05) is 0 Å². The van der Waals surface area contributed by atoms with Crippen molar-refractivity contribution in [2.45, 2.75) is 51.5 Å². The van der Waals surface area contributed by atoms with E-state index >= 15 is 0 Å². The Morgan fingerprint density at radius 2 is 1.87 bits per heavy atom. The number of rotatable bonds is 3. The summed E-state index contributed by atoms with van der Waals surface area (Å²) in [6.45, 7) is 9.92. The van der Waals surface area contributed by atoms with E-state index in [1.54, 1.807) is 0 Å². The molecule has 0 bridgehead atoms. The third-order valence-corrected chi connectivity index (χ3v) is 4.34. The van der Waals surface area contributed by atoms with Crippen molar-refractivity contribution in [2.75, 3.05) is 26.2 Å². The van der Waals surface area contributed by atoms with Gasteiger partial charge in [0.15, 0.2) is 0 Å². The van der Waals surface area contributed by atoms with Gasteiger partial charge in [-0.15, -0.1) is 0 Å². The summed E-state index contributed by atoms with van der Waals surface area (Å²) < 4.78 is 0. The maximum Gasteiger partial charge on any atom is 0.0332 e. The van der Waals surface area contributed by atoms with Crippen molar-refractivity contribution in [1.29, 1.82) is 0 Å². The average molecular weight is 210 g/mol. The van der Waals surface area contributed by atoms with Crippen molar-refractivity contribution in [3.05, 3.63) is 0 Å². The van der Waals surface area contributed by atoms with Gasteiger partial charge in [0.1, 0.15) is 0 Å². The molecule has 2 saturated heterocycles. The van der Waals surface area contributed by atoms with Gasteiger partial charge in [0.25, 0.3) is 0 Å². The van der Waals surface area contributed by atoms with Crippen molar-refractivity contribution in [1.82, 2.24) is 10.2 Å². The molecule has 2 rings (SSSR count). The van der Waals surface area contributed by atoms with Gasteiger partial charge < -0.3 is 10.2 Å². The molecule has 0 amide bonds. The summed E-state index contributed by atoms with van der Waals surface area (Å²) in [5.41, 5.74) is 0.428. The van der Waals surface area contributed by atoms with Gasteiger partial charge in [-0.2, -0.15) is 0 Å². The Kier molecular flexibility index (Phi) is 3.68. The number of hydrogen-bond donors (Lipinski definition) is 1. The van der Waals surface area contributed by atoms with Crippen molar-refractivity contribution in [3.63, 3.8) is 0 Å². The lowest BCUT2D eigenvalue weighted by molar-refractivity contribution is 0.135. The quantitative estimate of drug-likeness (QED) is 0.768. The Labute approximate surface area is 94.4 Å². The Balaban J connectivity index is 1.93. The van der Waals surface area contributed by atoms with Gasteiger partial charge in [-0.25, -0.2) is 0 Å². The molecule has 0 aromatic heterocycles. The molecule has 2 heteroatoms. The van der Waals surface area contributed by atoms with E-state index in [0.29, 0.717) is 5.54 Å². The minimum Gasteiger partial charge on any atom is -0.310 e. The van der Waals surface area contributed by atoms with Crippen molar-refractivity contribution in [2.24, 2.45) is 5.92 Å². The van der Waals surface area contributed by atoms with E-state index in [1.165, 1.54) is 58.3 Å². The van der Waals surface area contributed by atoms with Gasteiger partial charge >= 0.3 is 0 Å². The first-order chi connectivity index (χ1) is 7.23. The van der Waals surface area contributed by atoms with Gasteiger partial charge in [0.05, 0.1) is 0 Å². The molecule has 2 fully saturated rings. The van der Waals surface area contributed by atoms with Gasteiger partial charge in [0, 0.05) is 12.1 Å². The zero-order chi connectivity index (χ0) is 10.7. The molecular formula is C13H26N2. The van der Waals surface area contributed by atoms with Gasteiger partial charge in [-0.05, 0) is 51.2 Å². The highest BCUT2D eigenvalue weighted by atomic mass is 15.2. The van der Waals surface area contributed by atoms with E-state index < -0.39 is 0 Å². The Bertz CT molecular complexity index is 189. The van der Waals surface area contributed by atoms with Crippen LogP contribution in [0, 0.1) is 5.92 Å². The second-order valence-corrected chi connectivity index (χ2v) is 5.68. The fourth-order valence-corrected chi connectivity index (χ4v) is 3.16. The molecule has 1 N–H and O–H groups in total. The van der Waals surface area contributed by atoms with Crippen LogP contribution in [0.2, 0.25) is 0 Å². The number of hydrogen-bond acceptors (Lipinski definition) is 2. The molecule has 0 saturated carbocycles. The molecular weight excluding hydrogens is 184 g/mol. The van der Waals surface area contributed by atoms with Crippen LogP contribution in [0.25, 0.3) is 0 Å².